The first kappa shape index (κ1) is 15.4. The van der Waals surface area contributed by atoms with E-state index in [0.717, 1.165) is 11.8 Å². The van der Waals surface area contributed by atoms with Crippen LogP contribution in [0.1, 0.15) is 11.8 Å². The van der Waals surface area contributed by atoms with Crippen LogP contribution in [0.2, 0.25) is 0 Å². The average Bonchev–Trinajstić information content (AvgIpc) is 2.05. The van der Waals surface area contributed by atoms with Crippen LogP contribution in [-0.4, -0.2) is 19.6 Å². The molecule has 0 aliphatic carbocycles. The Morgan fingerprint density at radius 3 is 2.00 bits per heavy atom. The van der Waals surface area contributed by atoms with Crippen LogP contribution < -0.4 is 29.6 Å². The van der Waals surface area contributed by atoms with Crippen LogP contribution in [0.3, 0.4) is 0 Å². The van der Waals surface area contributed by atoms with E-state index in [4.69, 9.17) is 13.3 Å². The van der Waals surface area contributed by atoms with Gasteiger partial charge in [-0.25, -0.2) is 4.21 Å². The molecule has 68 valence electrons. The quantitative estimate of drug-likeness (QED) is 0.329. The van der Waals surface area contributed by atoms with Gasteiger partial charge in [-0.15, -0.1) is 0 Å². The molecule has 1 rings (SSSR count). The fourth-order valence-electron chi connectivity index (χ4n) is 0.532. The van der Waals surface area contributed by atoms with E-state index in [0.29, 0.717) is 0 Å². The van der Waals surface area contributed by atoms with E-state index >= 15 is 0 Å². The van der Waals surface area contributed by atoms with E-state index in [9.17, 15) is 4.79 Å². The summed E-state index contributed by atoms with van der Waals surface area (Å²) in [5, 5.41) is 0. The molecule has 0 saturated heterocycles. The third-order valence-electron chi connectivity index (χ3n) is 0.936. The summed E-state index contributed by atoms with van der Waals surface area (Å²) in [4.78, 5) is 10.0. The van der Waals surface area contributed by atoms with Crippen molar-refractivity contribution in [2.75, 3.05) is 0 Å². The maximum Gasteiger partial charge on any atom is 1.00 e. The van der Waals surface area contributed by atoms with Crippen molar-refractivity contribution in [2.24, 2.45) is 0 Å². The van der Waals surface area contributed by atoms with Crippen molar-refractivity contribution in [1.29, 1.82) is 0 Å². The topological polar surface area (TPSA) is 77.4 Å². The second kappa shape index (κ2) is 10.0. The minimum Gasteiger partial charge on any atom is -1.00 e. The zero-order chi connectivity index (χ0) is 9.40. The number of hydrogen-bond donors (Lipinski definition) is 1. The molecule has 0 saturated carbocycles. The average molecular weight is 211 g/mol. The molecule has 0 bridgehead atoms. The third kappa shape index (κ3) is 12.0. The zero-order valence-electron chi connectivity index (χ0n) is 8.04. The normalized spacial score (nSPS) is 10.0. The largest absolute Gasteiger partial charge is 1.00 e. The molecule has 4 nitrogen and oxygen atoms in total. The van der Waals surface area contributed by atoms with Crippen LogP contribution in [0.5, 0.6) is 0 Å². The van der Waals surface area contributed by atoms with Crippen LogP contribution >= 0.6 is 0 Å². The summed E-state index contributed by atoms with van der Waals surface area (Å²) >= 11 is -2.86. The number of carbonyl (C=O) groups is 1. The molecule has 13 heavy (non-hydrogen) atoms. The minimum atomic E-state index is -2.86. The van der Waals surface area contributed by atoms with Crippen LogP contribution in [0.4, 0.5) is 0 Å². The molecule has 0 aromatic heterocycles. The summed E-state index contributed by atoms with van der Waals surface area (Å²) in [6.45, 7) is 0. The van der Waals surface area contributed by atoms with Gasteiger partial charge in [0.05, 0.1) is 11.4 Å². The second-order valence-corrected chi connectivity index (χ2v) is 2.18. The molecular formula is C7H8NaO4S-. The second-order valence-electron chi connectivity index (χ2n) is 1.75. The first-order chi connectivity index (χ1) is 5.66. The molecule has 1 unspecified atom stereocenters. The van der Waals surface area contributed by atoms with Crippen molar-refractivity contribution in [3.63, 3.8) is 0 Å². The summed E-state index contributed by atoms with van der Waals surface area (Å²) in [6, 6.07) is 9.10. The van der Waals surface area contributed by atoms with Crippen molar-refractivity contribution in [2.45, 2.75) is 0 Å². The van der Waals surface area contributed by atoms with Gasteiger partial charge in [-0.05, 0) is 0 Å². The number of carbonyl (C=O) groups excluding carboxylic acids is 1. The Morgan fingerprint density at radius 2 is 1.77 bits per heavy atom. The molecule has 0 amide bonds. The Kier molecular flexibility index (Phi) is 11.9. The molecule has 1 aromatic rings. The van der Waals surface area contributed by atoms with E-state index in [1.807, 2.05) is 18.2 Å². The summed E-state index contributed by atoms with van der Waals surface area (Å²) in [7, 11) is 0. The minimum absolute atomic E-state index is 0. The Labute approximate surface area is 102 Å². The summed E-state index contributed by atoms with van der Waals surface area (Å²) in [6.07, 6.45) is 0.833. The van der Waals surface area contributed by atoms with Crippen molar-refractivity contribution < 1.29 is 49.1 Å². The van der Waals surface area contributed by atoms with Gasteiger partial charge in [-0.2, -0.15) is 0 Å². The SMILES string of the molecule is O=Cc1ccccc1.O=S([O-])O.[H-].[Na+]. The number of aldehydes is 1. The van der Waals surface area contributed by atoms with Gasteiger partial charge in [0.2, 0.25) is 0 Å². The van der Waals surface area contributed by atoms with Crippen molar-refractivity contribution in [1.82, 2.24) is 0 Å². The molecule has 0 spiro atoms. The molecule has 1 aromatic carbocycles. The van der Waals surface area contributed by atoms with Crippen LogP contribution in [0.15, 0.2) is 30.3 Å². The van der Waals surface area contributed by atoms with Gasteiger partial charge < -0.3 is 10.5 Å². The van der Waals surface area contributed by atoms with E-state index in [1.165, 1.54) is 0 Å². The number of benzene rings is 1. The molecule has 6 heteroatoms. The van der Waals surface area contributed by atoms with Gasteiger partial charge in [-0.1, -0.05) is 30.3 Å². The van der Waals surface area contributed by atoms with Crippen molar-refractivity contribution >= 4 is 17.6 Å². The predicted molar refractivity (Wildman–Crippen MR) is 44.5 cm³/mol. The van der Waals surface area contributed by atoms with E-state index in [-0.39, 0.29) is 31.0 Å². The Morgan fingerprint density at radius 1 is 1.38 bits per heavy atom. The smallest absolute Gasteiger partial charge is 1.00 e. The van der Waals surface area contributed by atoms with Crippen LogP contribution in [0.25, 0.3) is 0 Å². The van der Waals surface area contributed by atoms with Gasteiger partial charge in [0.25, 0.3) is 0 Å². The molecule has 0 heterocycles. The van der Waals surface area contributed by atoms with Gasteiger partial charge in [0.15, 0.2) is 0 Å². The molecule has 0 aliphatic rings. The Balaban J connectivity index is -0.000000180. The molecule has 1 N–H and O–H groups in total. The summed E-state index contributed by atoms with van der Waals surface area (Å²) < 4.78 is 24.1. The number of hydrogen-bond acceptors (Lipinski definition) is 3. The fraction of sp³-hybridized carbons (Fsp3) is 0. The fourth-order valence-corrected chi connectivity index (χ4v) is 0.532. The van der Waals surface area contributed by atoms with Gasteiger partial charge >= 0.3 is 29.6 Å². The van der Waals surface area contributed by atoms with Gasteiger partial charge in [0, 0.05) is 5.56 Å². The van der Waals surface area contributed by atoms with E-state index in [1.54, 1.807) is 12.1 Å². The Hall–Kier alpha value is -0.0400. The maximum absolute atomic E-state index is 10.0. The zero-order valence-corrected chi connectivity index (χ0v) is 9.86. The van der Waals surface area contributed by atoms with E-state index < -0.39 is 11.4 Å². The number of rotatable bonds is 1. The van der Waals surface area contributed by atoms with E-state index in [2.05, 4.69) is 0 Å². The third-order valence-corrected chi connectivity index (χ3v) is 0.936. The molecule has 1 atom stereocenters. The van der Waals surface area contributed by atoms with Crippen LogP contribution in [-0.2, 0) is 11.4 Å². The first-order valence-corrected chi connectivity index (χ1v) is 3.98. The predicted octanol–water partition coefficient (Wildman–Crippen LogP) is -2.05. The van der Waals surface area contributed by atoms with Gasteiger partial charge in [0.1, 0.15) is 6.29 Å². The van der Waals surface area contributed by atoms with Crippen LogP contribution in [0, 0.1) is 0 Å². The standard InChI is InChI=1S/C7H6O.Na.H2O3S.H/c8-6-7-4-2-1-3-5-7;;1-4(2)3;/h1-6H;;(H2,1,2,3);/q;+1;;-1/p-1. The molecule has 0 fully saturated rings. The monoisotopic (exact) mass is 211 g/mol. The van der Waals surface area contributed by atoms with Crippen molar-refractivity contribution in [3.05, 3.63) is 35.9 Å². The van der Waals surface area contributed by atoms with Gasteiger partial charge in [-0.3, -0.25) is 4.79 Å². The first-order valence-electron chi connectivity index (χ1n) is 2.95. The molecular weight excluding hydrogens is 203 g/mol. The maximum atomic E-state index is 10.0. The summed E-state index contributed by atoms with van der Waals surface area (Å²) in [5.74, 6) is 0. The molecule has 0 aliphatic heterocycles. The summed E-state index contributed by atoms with van der Waals surface area (Å²) in [5.41, 5.74) is 0.729. The Bertz CT molecular complexity index is 253. The van der Waals surface area contributed by atoms with Crippen molar-refractivity contribution in [3.8, 4) is 0 Å². The molecule has 0 radical (unpaired) electrons.